The second-order valence-electron chi connectivity index (χ2n) is 3.48. The number of aliphatic hydroxyl groups is 2. The average molecular weight is 158 g/mol. The molecule has 0 aliphatic rings. The van der Waals surface area contributed by atoms with Gasteiger partial charge in [0.2, 0.25) is 0 Å². The van der Waals surface area contributed by atoms with E-state index in [2.05, 4.69) is 0 Å². The Morgan fingerprint density at radius 2 is 1.64 bits per heavy atom. The SMILES string of the molecule is CC(C)C(O)=CC(O)C(C)C. The van der Waals surface area contributed by atoms with Crippen LogP contribution in [0, 0.1) is 11.8 Å². The van der Waals surface area contributed by atoms with Gasteiger partial charge in [-0.2, -0.15) is 0 Å². The van der Waals surface area contributed by atoms with Crippen LogP contribution in [0.5, 0.6) is 0 Å². The van der Waals surface area contributed by atoms with Gasteiger partial charge in [-0.05, 0) is 12.0 Å². The molecule has 1 unspecified atom stereocenters. The lowest BCUT2D eigenvalue weighted by Crippen LogP contribution is -2.12. The molecule has 0 amide bonds. The Morgan fingerprint density at radius 3 is 1.91 bits per heavy atom. The third-order valence-corrected chi connectivity index (χ3v) is 1.62. The zero-order chi connectivity index (χ0) is 9.02. The molecule has 66 valence electrons. The molecule has 0 rings (SSSR count). The quantitative estimate of drug-likeness (QED) is 0.617. The van der Waals surface area contributed by atoms with Crippen molar-refractivity contribution in [2.24, 2.45) is 11.8 Å². The van der Waals surface area contributed by atoms with Crippen molar-refractivity contribution < 1.29 is 10.2 Å². The summed E-state index contributed by atoms with van der Waals surface area (Å²) in [5.41, 5.74) is 0. The topological polar surface area (TPSA) is 40.5 Å². The normalized spacial score (nSPS) is 16.1. The molecule has 2 nitrogen and oxygen atoms in total. The Balaban J connectivity index is 4.07. The summed E-state index contributed by atoms with van der Waals surface area (Å²) in [5.74, 6) is 0.533. The summed E-state index contributed by atoms with van der Waals surface area (Å²) in [6.07, 6.45) is 0.979. The minimum absolute atomic E-state index is 0.100. The van der Waals surface area contributed by atoms with Gasteiger partial charge in [0.15, 0.2) is 0 Å². The van der Waals surface area contributed by atoms with Gasteiger partial charge in [0.1, 0.15) is 0 Å². The Morgan fingerprint density at radius 1 is 1.18 bits per heavy atom. The Kier molecular flexibility index (Phi) is 4.19. The molecular weight excluding hydrogens is 140 g/mol. The van der Waals surface area contributed by atoms with Gasteiger partial charge in [-0.3, -0.25) is 0 Å². The molecule has 0 aromatic carbocycles. The van der Waals surface area contributed by atoms with Gasteiger partial charge < -0.3 is 10.2 Å². The van der Waals surface area contributed by atoms with E-state index in [4.69, 9.17) is 0 Å². The third-order valence-electron chi connectivity index (χ3n) is 1.62. The first-order chi connectivity index (χ1) is 4.95. The van der Waals surface area contributed by atoms with Gasteiger partial charge in [0.25, 0.3) is 0 Å². The number of rotatable bonds is 3. The maximum atomic E-state index is 9.31. The van der Waals surface area contributed by atoms with Crippen molar-refractivity contribution >= 4 is 0 Å². The van der Waals surface area contributed by atoms with Crippen LogP contribution in [0.1, 0.15) is 27.7 Å². The lowest BCUT2D eigenvalue weighted by molar-refractivity contribution is 0.165. The van der Waals surface area contributed by atoms with Gasteiger partial charge in [-0.1, -0.05) is 27.7 Å². The maximum Gasteiger partial charge on any atom is 0.0933 e. The van der Waals surface area contributed by atoms with Crippen molar-refractivity contribution in [2.45, 2.75) is 33.8 Å². The van der Waals surface area contributed by atoms with E-state index < -0.39 is 6.10 Å². The molecule has 0 spiro atoms. The van der Waals surface area contributed by atoms with Crippen molar-refractivity contribution in [2.75, 3.05) is 0 Å². The molecule has 0 aliphatic carbocycles. The fourth-order valence-electron chi connectivity index (χ4n) is 0.560. The molecule has 0 aromatic rings. The summed E-state index contributed by atoms with van der Waals surface area (Å²) >= 11 is 0. The number of hydrogen-bond acceptors (Lipinski definition) is 2. The fraction of sp³-hybridized carbons (Fsp3) is 0.778. The van der Waals surface area contributed by atoms with Crippen LogP contribution in [0.25, 0.3) is 0 Å². The highest BCUT2D eigenvalue weighted by Gasteiger charge is 2.08. The Labute approximate surface area is 68.6 Å². The van der Waals surface area contributed by atoms with E-state index in [1.54, 1.807) is 0 Å². The molecule has 0 saturated carbocycles. The average Bonchev–Trinajstić information content (AvgIpc) is 1.87. The summed E-state index contributed by atoms with van der Waals surface area (Å²) in [5, 5.41) is 18.6. The first-order valence-corrected chi connectivity index (χ1v) is 4.04. The predicted molar refractivity (Wildman–Crippen MR) is 46.4 cm³/mol. The summed E-state index contributed by atoms with van der Waals surface area (Å²) in [6.45, 7) is 7.60. The molecule has 0 aromatic heterocycles. The van der Waals surface area contributed by atoms with E-state index in [9.17, 15) is 10.2 Å². The first-order valence-electron chi connectivity index (χ1n) is 4.04. The molecule has 0 radical (unpaired) electrons. The minimum Gasteiger partial charge on any atom is -0.512 e. The highest BCUT2D eigenvalue weighted by Crippen LogP contribution is 2.10. The van der Waals surface area contributed by atoms with Crippen molar-refractivity contribution in [3.8, 4) is 0 Å². The van der Waals surface area contributed by atoms with Gasteiger partial charge in [0, 0.05) is 5.92 Å². The van der Waals surface area contributed by atoms with Crippen LogP contribution in [0.3, 0.4) is 0 Å². The lowest BCUT2D eigenvalue weighted by Gasteiger charge is -2.11. The smallest absolute Gasteiger partial charge is 0.0933 e. The molecule has 2 N–H and O–H groups in total. The van der Waals surface area contributed by atoms with Gasteiger partial charge in [-0.25, -0.2) is 0 Å². The Bertz CT molecular complexity index is 136. The van der Waals surface area contributed by atoms with Crippen LogP contribution in [0.4, 0.5) is 0 Å². The van der Waals surface area contributed by atoms with E-state index in [0.29, 0.717) is 0 Å². The van der Waals surface area contributed by atoms with Crippen molar-refractivity contribution in [1.29, 1.82) is 0 Å². The van der Waals surface area contributed by atoms with Crippen LogP contribution in [-0.2, 0) is 0 Å². The van der Waals surface area contributed by atoms with Crippen molar-refractivity contribution in [3.63, 3.8) is 0 Å². The van der Waals surface area contributed by atoms with Crippen molar-refractivity contribution in [3.05, 3.63) is 11.8 Å². The summed E-state index contributed by atoms with van der Waals surface area (Å²) in [7, 11) is 0. The lowest BCUT2D eigenvalue weighted by atomic mass is 10.0. The molecule has 0 saturated heterocycles. The molecule has 0 fully saturated rings. The first kappa shape index (κ1) is 10.5. The highest BCUT2D eigenvalue weighted by molar-refractivity contribution is 4.98. The van der Waals surface area contributed by atoms with Crippen LogP contribution >= 0.6 is 0 Å². The maximum absolute atomic E-state index is 9.31. The largest absolute Gasteiger partial charge is 0.512 e. The predicted octanol–water partition coefficient (Wildman–Crippen LogP) is 2.10. The minimum atomic E-state index is -0.530. The second-order valence-corrected chi connectivity index (χ2v) is 3.48. The second kappa shape index (κ2) is 4.39. The third kappa shape index (κ3) is 4.04. The Hall–Kier alpha value is -0.500. The highest BCUT2D eigenvalue weighted by atomic mass is 16.3. The molecule has 0 aliphatic heterocycles. The number of hydrogen-bond donors (Lipinski definition) is 2. The number of allylic oxidation sites excluding steroid dienone is 1. The van der Waals surface area contributed by atoms with Gasteiger partial charge in [0.05, 0.1) is 11.9 Å². The van der Waals surface area contributed by atoms with Gasteiger partial charge in [-0.15, -0.1) is 0 Å². The zero-order valence-electron chi connectivity index (χ0n) is 7.70. The molecular formula is C9H18O2. The zero-order valence-corrected chi connectivity index (χ0v) is 7.70. The van der Waals surface area contributed by atoms with Crippen molar-refractivity contribution in [1.82, 2.24) is 0 Å². The van der Waals surface area contributed by atoms with Crippen LogP contribution in [-0.4, -0.2) is 16.3 Å². The van der Waals surface area contributed by atoms with E-state index in [0.717, 1.165) is 0 Å². The molecule has 2 heteroatoms. The van der Waals surface area contributed by atoms with Crippen LogP contribution < -0.4 is 0 Å². The molecule has 11 heavy (non-hydrogen) atoms. The van der Waals surface area contributed by atoms with E-state index >= 15 is 0 Å². The van der Waals surface area contributed by atoms with Crippen LogP contribution in [0.15, 0.2) is 11.8 Å². The van der Waals surface area contributed by atoms with E-state index in [1.165, 1.54) is 6.08 Å². The molecule has 0 bridgehead atoms. The summed E-state index contributed by atoms with van der Waals surface area (Å²) in [6, 6.07) is 0. The standard InChI is InChI=1S/C9H18O2/c1-6(2)8(10)5-9(11)7(3)4/h5-8,10-11H,1-4H3. The fourth-order valence-corrected chi connectivity index (χ4v) is 0.560. The summed E-state index contributed by atoms with van der Waals surface area (Å²) < 4.78 is 0. The van der Waals surface area contributed by atoms with E-state index in [1.807, 2.05) is 27.7 Å². The molecule has 1 atom stereocenters. The summed E-state index contributed by atoms with van der Waals surface area (Å²) in [4.78, 5) is 0. The van der Waals surface area contributed by atoms with Crippen LogP contribution in [0.2, 0.25) is 0 Å². The monoisotopic (exact) mass is 158 g/mol. The van der Waals surface area contributed by atoms with Gasteiger partial charge >= 0.3 is 0 Å². The van der Waals surface area contributed by atoms with E-state index in [-0.39, 0.29) is 17.6 Å². The molecule has 0 heterocycles. The number of aliphatic hydroxyl groups excluding tert-OH is 2.